The highest BCUT2D eigenvalue weighted by Gasteiger charge is 2.45. The Morgan fingerprint density at radius 1 is 1.47 bits per heavy atom. The highest BCUT2D eigenvalue weighted by molar-refractivity contribution is 9.10. The molecule has 15 heavy (non-hydrogen) atoms. The van der Waals surface area contributed by atoms with E-state index in [-0.39, 0.29) is 0 Å². The van der Waals surface area contributed by atoms with Gasteiger partial charge < -0.3 is 5.32 Å². The number of rotatable bonds is 3. The first-order valence-corrected chi connectivity index (χ1v) is 6.39. The summed E-state index contributed by atoms with van der Waals surface area (Å²) in [6.07, 6.45) is 2.65. The minimum absolute atomic E-state index is 0.356. The van der Waals surface area contributed by atoms with Crippen LogP contribution in [0.3, 0.4) is 0 Å². The van der Waals surface area contributed by atoms with E-state index in [1.807, 2.05) is 7.05 Å². The van der Waals surface area contributed by atoms with E-state index in [4.69, 9.17) is 0 Å². The van der Waals surface area contributed by atoms with Gasteiger partial charge in [-0.3, -0.25) is 0 Å². The zero-order chi connectivity index (χ0) is 10.9. The van der Waals surface area contributed by atoms with E-state index in [0.29, 0.717) is 5.41 Å². The standard InChI is InChI=1S/C13H18BrN/c1-10-7-8-13(10,9-15-2)11-5-3-4-6-12(11)14/h3-6,10,15H,7-9H2,1-2H3. The molecule has 2 heteroatoms. The lowest BCUT2D eigenvalue weighted by atomic mass is 9.57. The normalized spacial score (nSPS) is 29.9. The van der Waals surface area contributed by atoms with Crippen molar-refractivity contribution in [3.63, 3.8) is 0 Å². The van der Waals surface area contributed by atoms with Crippen molar-refractivity contribution in [2.45, 2.75) is 25.2 Å². The molecule has 0 spiro atoms. The number of likely N-dealkylation sites (N-methyl/N-ethyl adjacent to an activating group) is 1. The summed E-state index contributed by atoms with van der Waals surface area (Å²) in [5.74, 6) is 0.781. The van der Waals surface area contributed by atoms with Crippen LogP contribution in [0.25, 0.3) is 0 Å². The first-order valence-electron chi connectivity index (χ1n) is 5.60. The molecule has 0 heterocycles. The highest BCUT2D eigenvalue weighted by Crippen LogP contribution is 2.50. The summed E-state index contributed by atoms with van der Waals surface area (Å²) in [5, 5.41) is 3.35. The Morgan fingerprint density at radius 2 is 2.20 bits per heavy atom. The predicted octanol–water partition coefficient (Wildman–Crippen LogP) is 3.34. The molecule has 1 aromatic rings. The Bertz CT molecular complexity index is 350. The average Bonchev–Trinajstić information content (AvgIpc) is 2.25. The monoisotopic (exact) mass is 267 g/mol. The fraction of sp³-hybridized carbons (Fsp3) is 0.538. The molecule has 2 atom stereocenters. The van der Waals surface area contributed by atoms with E-state index >= 15 is 0 Å². The van der Waals surface area contributed by atoms with Crippen LogP contribution < -0.4 is 5.32 Å². The fourth-order valence-corrected chi connectivity index (χ4v) is 3.40. The molecule has 0 bridgehead atoms. The molecule has 1 saturated carbocycles. The van der Waals surface area contributed by atoms with Gasteiger partial charge in [-0.2, -0.15) is 0 Å². The lowest BCUT2D eigenvalue weighted by molar-refractivity contribution is 0.136. The van der Waals surface area contributed by atoms with Crippen LogP contribution in [0.2, 0.25) is 0 Å². The van der Waals surface area contributed by atoms with E-state index in [2.05, 4.69) is 52.4 Å². The zero-order valence-electron chi connectivity index (χ0n) is 9.39. The van der Waals surface area contributed by atoms with Gasteiger partial charge in [-0.05, 0) is 37.4 Å². The summed E-state index contributed by atoms with van der Waals surface area (Å²) in [4.78, 5) is 0. The number of hydrogen-bond acceptors (Lipinski definition) is 1. The molecular weight excluding hydrogens is 250 g/mol. The van der Waals surface area contributed by atoms with Gasteiger partial charge in [0.05, 0.1) is 0 Å². The molecular formula is C13H18BrN. The third-order valence-electron chi connectivity index (χ3n) is 3.87. The average molecular weight is 268 g/mol. The Labute approximate surface area is 100 Å². The van der Waals surface area contributed by atoms with Crippen LogP contribution in [-0.2, 0) is 5.41 Å². The molecule has 0 amide bonds. The third-order valence-corrected chi connectivity index (χ3v) is 4.56. The van der Waals surface area contributed by atoms with Gasteiger partial charge in [-0.25, -0.2) is 0 Å². The van der Waals surface area contributed by atoms with Crippen LogP contribution in [0.1, 0.15) is 25.3 Å². The SMILES string of the molecule is CNCC1(c2ccccc2Br)CCC1C. The van der Waals surface area contributed by atoms with Gasteiger partial charge in [0.15, 0.2) is 0 Å². The van der Waals surface area contributed by atoms with Crippen LogP contribution >= 0.6 is 15.9 Å². The van der Waals surface area contributed by atoms with E-state index < -0.39 is 0 Å². The van der Waals surface area contributed by atoms with Gasteiger partial charge in [0.2, 0.25) is 0 Å². The van der Waals surface area contributed by atoms with Gasteiger partial charge >= 0.3 is 0 Å². The fourth-order valence-electron chi connectivity index (χ4n) is 2.72. The molecule has 2 rings (SSSR count). The topological polar surface area (TPSA) is 12.0 Å². The summed E-state index contributed by atoms with van der Waals surface area (Å²) >= 11 is 3.68. The summed E-state index contributed by atoms with van der Waals surface area (Å²) in [6, 6.07) is 8.64. The van der Waals surface area contributed by atoms with E-state index in [0.717, 1.165) is 12.5 Å². The molecule has 1 fully saturated rings. The number of benzene rings is 1. The van der Waals surface area contributed by atoms with Crippen molar-refractivity contribution in [2.75, 3.05) is 13.6 Å². The quantitative estimate of drug-likeness (QED) is 0.886. The van der Waals surface area contributed by atoms with Gasteiger partial charge in [0.1, 0.15) is 0 Å². The number of hydrogen-bond donors (Lipinski definition) is 1. The van der Waals surface area contributed by atoms with Gasteiger partial charge in [-0.1, -0.05) is 41.1 Å². The highest BCUT2D eigenvalue weighted by atomic mass is 79.9. The minimum atomic E-state index is 0.356. The van der Waals surface area contributed by atoms with E-state index in [1.54, 1.807) is 0 Å². The Hall–Kier alpha value is -0.340. The van der Waals surface area contributed by atoms with Crippen LogP contribution in [0.4, 0.5) is 0 Å². The first kappa shape index (κ1) is 11.2. The Kier molecular flexibility index (Phi) is 3.17. The van der Waals surface area contributed by atoms with Crippen molar-refractivity contribution >= 4 is 15.9 Å². The molecule has 0 saturated heterocycles. The molecule has 0 aromatic heterocycles. The van der Waals surface area contributed by atoms with Gasteiger partial charge in [-0.15, -0.1) is 0 Å². The van der Waals surface area contributed by atoms with Crippen molar-refractivity contribution in [1.29, 1.82) is 0 Å². The van der Waals surface area contributed by atoms with E-state index in [1.165, 1.54) is 22.9 Å². The molecule has 1 aliphatic rings. The van der Waals surface area contributed by atoms with Gasteiger partial charge in [0, 0.05) is 16.4 Å². The molecule has 1 aromatic carbocycles. The summed E-state index contributed by atoms with van der Waals surface area (Å²) in [6.45, 7) is 3.44. The zero-order valence-corrected chi connectivity index (χ0v) is 11.0. The number of halogens is 1. The second-order valence-corrected chi connectivity index (χ2v) is 5.46. The number of nitrogens with one attached hydrogen (secondary N) is 1. The second kappa shape index (κ2) is 4.26. The van der Waals surface area contributed by atoms with Crippen molar-refractivity contribution in [1.82, 2.24) is 5.32 Å². The van der Waals surface area contributed by atoms with Crippen molar-refractivity contribution in [3.05, 3.63) is 34.3 Å². The molecule has 0 radical (unpaired) electrons. The Morgan fingerprint density at radius 3 is 2.67 bits per heavy atom. The molecule has 2 unspecified atom stereocenters. The second-order valence-electron chi connectivity index (χ2n) is 4.61. The van der Waals surface area contributed by atoms with Crippen LogP contribution in [0.15, 0.2) is 28.7 Å². The molecule has 1 nitrogen and oxygen atoms in total. The van der Waals surface area contributed by atoms with E-state index in [9.17, 15) is 0 Å². The summed E-state index contributed by atoms with van der Waals surface area (Å²) in [5.41, 5.74) is 1.83. The lowest BCUT2D eigenvalue weighted by Crippen LogP contribution is -2.49. The molecule has 1 aliphatic carbocycles. The first-order chi connectivity index (χ1) is 7.20. The van der Waals surface area contributed by atoms with Gasteiger partial charge in [0.25, 0.3) is 0 Å². The maximum atomic E-state index is 3.68. The van der Waals surface area contributed by atoms with Crippen molar-refractivity contribution < 1.29 is 0 Å². The van der Waals surface area contributed by atoms with Crippen LogP contribution in [0.5, 0.6) is 0 Å². The molecule has 82 valence electrons. The maximum absolute atomic E-state index is 3.68. The smallest absolute Gasteiger partial charge is 0.0213 e. The van der Waals surface area contributed by atoms with Crippen LogP contribution in [0, 0.1) is 5.92 Å². The summed E-state index contributed by atoms with van der Waals surface area (Å²) < 4.78 is 1.26. The molecule has 0 aliphatic heterocycles. The minimum Gasteiger partial charge on any atom is -0.319 e. The van der Waals surface area contributed by atoms with Crippen molar-refractivity contribution in [2.24, 2.45) is 5.92 Å². The maximum Gasteiger partial charge on any atom is 0.0213 e. The predicted molar refractivity (Wildman–Crippen MR) is 68.1 cm³/mol. The van der Waals surface area contributed by atoms with Crippen LogP contribution in [-0.4, -0.2) is 13.6 Å². The Balaban J connectivity index is 2.37. The largest absolute Gasteiger partial charge is 0.319 e. The summed E-state index contributed by atoms with van der Waals surface area (Å²) in [7, 11) is 2.05. The van der Waals surface area contributed by atoms with Crippen molar-refractivity contribution in [3.8, 4) is 0 Å². The molecule has 1 N–H and O–H groups in total. The lowest BCUT2D eigenvalue weighted by Gasteiger charge is -2.49. The third kappa shape index (κ3) is 1.74.